The summed E-state index contributed by atoms with van der Waals surface area (Å²) in [6.45, 7) is 0.792. The molecule has 1 aromatic carbocycles. The topological polar surface area (TPSA) is 55.5 Å². The number of aliphatic hydroxyl groups excluding tert-OH is 1. The molecule has 3 heteroatoms. The van der Waals surface area contributed by atoms with Crippen LogP contribution in [0.3, 0.4) is 0 Å². The number of nitrogens with two attached hydrogens (primary N) is 1. The number of aliphatic hydroxyl groups is 1. The second-order valence-corrected chi connectivity index (χ2v) is 2.42. The van der Waals surface area contributed by atoms with E-state index in [1.807, 2.05) is 18.2 Å². The molecule has 0 saturated heterocycles. The number of ether oxygens (including phenoxy) is 1. The maximum atomic E-state index is 9.37. The summed E-state index contributed by atoms with van der Waals surface area (Å²) >= 11 is 0. The highest BCUT2D eigenvalue weighted by atomic mass is 16.6. The van der Waals surface area contributed by atoms with Crippen molar-refractivity contribution >= 4 is 0 Å². The lowest BCUT2D eigenvalue weighted by atomic mass is 10.2. The Balaban J connectivity index is 2.48. The molecular formula is C9H13NO2. The van der Waals surface area contributed by atoms with Crippen LogP contribution in [0, 0.1) is 0 Å². The van der Waals surface area contributed by atoms with E-state index in [1.54, 1.807) is 12.1 Å². The Kier molecular flexibility index (Phi) is 3.73. The van der Waals surface area contributed by atoms with Gasteiger partial charge in [-0.1, -0.05) is 30.3 Å². The highest BCUT2D eigenvalue weighted by molar-refractivity contribution is 5.15. The van der Waals surface area contributed by atoms with E-state index >= 15 is 0 Å². The fourth-order valence-electron chi connectivity index (χ4n) is 0.894. The molecule has 0 fully saturated rings. The molecule has 1 atom stereocenters. The molecule has 3 nitrogen and oxygen atoms in total. The Morgan fingerprint density at radius 1 is 1.33 bits per heavy atom. The third-order valence-corrected chi connectivity index (χ3v) is 1.48. The van der Waals surface area contributed by atoms with Gasteiger partial charge in [0.15, 0.2) is 6.29 Å². The summed E-state index contributed by atoms with van der Waals surface area (Å²) in [6.07, 6.45) is -0.852. The number of hydrogen-bond acceptors (Lipinski definition) is 3. The van der Waals surface area contributed by atoms with Gasteiger partial charge in [-0.3, -0.25) is 0 Å². The maximum absolute atomic E-state index is 9.37. The van der Waals surface area contributed by atoms with Crippen LogP contribution in [0.15, 0.2) is 30.3 Å². The van der Waals surface area contributed by atoms with Crippen LogP contribution in [-0.4, -0.2) is 18.3 Å². The monoisotopic (exact) mass is 167 g/mol. The van der Waals surface area contributed by atoms with Crippen LogP contribution in [0.25, 0.3) is 0 Å². The van der Waals surface area contributed by atoms with Crippen LogP contribution in [-0.2, 0) is 4.74 Å². The van der Waals surface area contributed by atoms with Crippen molar-refractivity contribution in [1.29, 1.82) is 0 Å². The Hall–Kier alpha value is -0.900. The highest BCUT2D eigenvalue weighted by Gasteiger charge is 2.04. The summed E-state index contributed by atoms with van der Waals surface area (Å²) in [4.78, 5) is 0. The second kappa shape index (κ2) is 4.87. The minimum atomic E-state index is -0.852. The summed E-state index contributed by atoms with van der Waals surface area (Å²) in [5.74, 6) is 0. The smallest absolute Gasteiger partial charge is 0.181 e. The first-order chi connectivity index (χ1) is 5.84. The molecule has 0 heterocycles. The lowest BCUT2D eigenvalue weighted by Crippen LogP contribution is -2.12. The molecule has 66 valence electrons. The lowest BCUT2D eigenvalue weighted by Gasteiger charge is -2.10. The van der Waals surface area contributed by atoms with E-state index in [4.69, 9.17) is 10.5 Å². The van der Waals surface area contributed by atoms with Crippen molar-refractivity contribution in [3.63, 3.8) is 0 Å². The number of rotatable bonds is 4. The first kappa shape index (κ1) is 9.19. The van der Waals surface area contributed by atoms with E-state index in [2.05, 4.69) is 0 Å². The molecule has 1 rings (SSSR count). The minimum absolute atomic E-state index is 0.371. The van der Waals surface area contributed by atoms with E-state index in [-0.39, 0.29) is 0 Å². The van der Waals surface area contributed by atoms with Crippen LogP contribution < -0.4 is 5.73 Å². The van der Waals surface area contributed by atoms with Crippen LogP contribution in [0.2, 0.25) is 0 Å². The molecule has 0 spiro atoms. The lowest BCUT2D eigenvalue weighted by molar-refractivity contribution is -0.0997. The van der Waals surface area contributed by atoms with Gasteiger partial charge >= 0.3 is 0 Å². The second-order valence-electron chi connectivity index (χ2n) is 2.42. The molecule has 0 radical (unpaired) electrons. The van der Waals surface area contributed by atoms with Gasteiger partial charge in [-0.25, -0.2) is 0 Å². The van der Waals surface area contributed by atoms with Gasteiger partial charge < -0.3 is 15.6 Å². The van der Waals surface area contributed by atoms with Gasteiger partial charge in [0.05, 0.1) is 6.61 Å². The van der Waals surface area contributed by atoms with Gasteiger partial charge in [0, 0.05) is 12.1 Å². The van der Waals surface area contributed by atoms with Crippen LogP contribution in [0.5, 0.6) is 0 Å². The van der Waals surface area contributed by atoms with Crippen LogP contribution in [0.4, 0.5) is 0 Å². The van der Waals surface area contributed by atoms with Gasteiger partial charge in [-0.05, 0) is 0 Å². The summed E-state index contributed by atoms with van der Waals surface area (Å²) in [7, 11) is 0. The normalized spacial score (nSPS) is 12.8. The van der Waals surface area contributed by atoms with Crippen molar-refractivity contribution in [2.45, 2.75) is 6.29 Å². The molecule has 12 heavy (non-hydrogen) atoms. The maximum Gasteiger partial charge on any atom is 0.181 e. The van der Waals surface area contributed by atoms with E-state index in [1.165, 1.54) is 0 Å². The van der Waals surface area contributed by atoms with E-state index in [0.29, 0.717) is 13.2 Å². The highest BCUT2D eigenvalue weighted by Crippen LogP contribution is 2.12. The Morgan fingerprint density at radius 3 is 2.58 bits per heavy atom. The Labute approximate surface area is 71.8 Å². The summed E-state index contributed by atoms with van der Waals surface area (Å²) in [5, 5.41) is 9.37. The third-order valence-electron chi connectivity index (χ3n) is 1.48. The van der Waals surface area contributed by atoms with Crippen molar-refractivity contribution < 1.29 is 9.84 Å². The predicted molar refractivity (Wildman–Crippen MR) is 46.4 cm³/mol. The van der Waals surface area contributed by atoms with Crippen molar-refractivity contribution in [1.82, 2.24) is 0 Å². The molecule has 0 aliphatic carbocycles. The van der Waals surface area contributed by atoms with Crippen molar-refractivity contribution in [3.8, 4) is 0 Å². The van der Waals surface area contributed by atoms with Gasteiger partial charge in [-0.15, -0.1) is 0 Å². The third kappa shape index (κ3) is 2.62. The van der Waals surface area contributed by atoms with E-state index < -0.39 is 6.29 Å². The van der Waals surface area contributed by atoms with E-state index in [9.17, 15) is 5.11 Å². The molecular weight excluding hydrogens is 154 g/mol. The van der Waals surface area contributed by atoms with Gasteiger partial charge in [0.2, 0.25) is 0 Å². The molecule has 0 bridgehead atoms. The van der Waals surface area contributed by atoms with Crippen molar-refractivity contribution in [2.24, 2.45) is 5.73 Å². The van der Waals surface area contributed by atoms with Crippen LogP contribution in [0.1, 0.15) is 11.9 Å². The average Bonchev–Trinajstić information content (AvgIpc) is 2.15. The van der Waals surface area contributed by atoms with E-state index in [0.717, 1.165) is 5.56 Å². The quantitative estimate of drug-likeness (QED) is 0.647. The zero-order chi connectivity index (χ0) is 8.81. The Bertz CT molecular complexity index is 213. The van der Waals surface area contributed by atoms with Gasteiger partial charge in [0.25, 0.3) is 0 Å². The number of benzene rings is 1. The van der Waals surface area contributed by atoms with Crippen molar-refractivity contribution in [2.75, 3.05) is 13.2 Å². The molecule has 0 aromatic heterocycles. The minimum Gasteiger partial charge on any atom is -0.364 e. The van der Waals surface area contributed by atoms with Crippen molar-refractivity contribution in [3.05, 3.63) is 35.9 Å². The molecule has 0 saturated carbocycles. The average molecular weight is 167 g/mol. The molecule has 3 N–H and O–H groups in total. The first-order valence-electron chi connectivity index (χ1n) is 3.89. The summed E-state index contributed by atoms with van der Waals surface area (Å²) < 4.78 is 5.01. The molecule has 1 aromatic rings. The van der Waals surface area contributed by atoms with Gasteiger partial charge in [0.1, 0.15) is 0 Å². The fourth-order valence-corrected chi connectivity index (χ4v) is 0.894. The standard InChI is InChI=1S/C9H13NO2/c10-6-7-12-9(11)8-4-2-1-3-5-8/h1-5,9,11H,6-7,10H2. The van der Waals surface area contributed by atoms with Crippen LogP contribution >= 0.6 is 0 Å². The fraction of sp³-hybridized carbons (Fsp3) is 0.333. The predicted octanol–water partition coefficient (Wildman–Crippen LogP) is 0.653. The number of hydrogen-bond donors (Lipinski definition) is 2. The SMILES string of the molecule is NCCOC(O)c1ccccc1. The molecule has 0 aliphatic heterocycles. The zero-order valence-corrected chi connectivity index (χ0v) is 6.81. The largest absolute Gasteiger partial charge is 0.364 e. The zero-order valence-electron chi connectivity index (χ0n) is 6.81. The molecule has 1 unspecified atom stereocenters. The molecule has 0 amide bonds. The Morgan fingerprint density at radius 2 is 2.00 bits per heavy atom. The summed E-state index contributed by atoms with van der Waals surface area (Å²) in [6, 6.07) is 9.20. The van der Waals surface area contributed by atoms with Gasteiger partial charge in [-0.2, -0.15) is 0 Å². The first-order valence-corrected chi connectivity index (χ1v) is 3.89. The summed E-state index contributed by atoms with van der Waals surface area (Å²) in [5.41, 5.74) is 5.97. The molecule has 0 aliphatic rings.